The Kier molecular flexibility index (Phi) is 3.47. The van der Waals surface area contributed by atoms with Crippen molar-refractivity contribution >= 4 is 27.7 Å². The number of likely N-dealkylation sites (N-methyl/N-ethyl adjacent to an activating group) is 1. The molecule has 2 rings (SSSR count). The van der Waals surface area contributed by atoms with Crippen LogP contribution in [0.5, 0.6) is 0 Å². The maximum Gasteiger partial charge on any atom is 0.242 e. The highest BCUT2D eigenvalue weighted by Gasteiger charge is 2.27. The van der Waals surface area contributed by atoms with E-state index in [-0.39, 0.29) is 24.9 Å². The molecule has 1 heterocycles. The second-order valence-electron chi connectivity index (χ2n) is 4.09. The number of hydrogen-bond donors (Lipinski definition) is 0. The molecular formula is C12H13BrN2O2. The maximum absolute atomic E-state index is 11.8. The van der Waals surface area contributed by atoms with Crippen molar-refractivity contribution < 1.29 is 9.59 Å². The van der Waals surface area contributed by atoms with Gasteiger partial charge in [-0.25, -0.2) is 0 Å². The minimum absolute atomic E-state index is 0.0112. The molecule has 0 N–H and O–H groups in total. The molecule has 0 aromatic heterocycles. The molecule has 0 saturated carbocycles. The number of nitrogens with zero attached hydrogens (tertiary/aromatic N) is 2. The van der Waals surface area contributed by atoms with Gasteiger partial charge in [-0.15, -0.1) is 0 Å². The molecule has 1 aliphatic heterocycles. The van der Waals surface area contributed by atoms with E-state index in [2.05, 4.69) is 15.9 Å². The summed E-state index contributed by atoms with van der Waals surface area (Å²) >= 11 is 3.44. The summed E-state index contributed by atoms with van der Waals surface area (Å²) < 4.78 is 0.958. The second kappa shape index (κ2) is 4.87. The van der Waals surface area contributed by atoms with E-state index in [1.165, 1.54) is 4.90 Å². The first-order valence-corrected chi connectivity index (χ1v) is 6.12. The molecule has 90 valence electrons. The smallest absolute Gasteiger partial charge is 0.242 e. The average Bonchev–Trinajstić information content (AvgIpc) is 2.29. The minimum Gasteiger partial charge on any atom is -0.335 e. The van der Waals surface area contributed by atoms with Crippen molar-refractivity contribution in [1.29, 1.82) is 0 Å². The number of rotatable bonds is 2. The number of carbonyl (C=O) groups is 2. The van der Waals surface area contributed by atoms with Gasteiger partial charge in [0, 0.05) is 18.1 Å². The van der Waals surface area contributed by atoms with Crippen LogP contribution in [-0.2, 0) is 16.1 Å². The molecule has 2 amide bonds. The summed E-state index contributed by atoms with van der Waals surface area (Å²) in [6.45, 7) is 0.805. The first kappa shape index (κ1) is 12.1. The lowest BCUT2D eigenvalue weighted by Crippen LogP contribution is -2.51. The van der Waals surface area contributed by atoms with Gasteiger partial charge in [0.05, 0.1) is 6.54 Å². The fourth-order valence-corrected chi connectivity index (χ4v) is 2.15. The predicted octanol–water partition coefficient (Wildman–Crippen LogP) is 1.25. The van der Waals surface area contributed by atoms with E-state index in [9.17, 15) is 9.59 Å². The van der Waals surface area contributed by atoms with E-state index in [0.717, 1.165) is 10.0 Å². The SMILES string of the molecule is CN1CC(=O)N(Cc2ccccc2Br)CC1=O. The van der Waals surface area contributed by atoms with Crippen LogP contribution in [0.15, 0.2) is 28.7 Å². The predicted molar refractivity (Wildman–Crippen MR) is 67.2 cm³/mol. The third-order valence-electron chi connectivity index (χ3n) is 2.80. The molecule has 0 radical (unpaired) electrons. The van der Waals surface area contributed by atoms with Crippen molar-refractivity contribution in [1.82, 2.24) is 9.80 Å². The highest BCUT2D eigenvalue weighted by molar-refractivity contribution is 9.10. The Bertz CT molecular complexity index is 462. The molecular weight excluding hydrogens is 284 g/mol. The van der Waals surface area contributed by atoms with Crippen LogP contribution in [0.3, 0.4) is 0 Å². The lowest BCUT2D eigenvalue weighted by atomic mass is 10.2. The molecule has 0 unspecified atom stereocenters. The number of amides is 2. The van der Waals surface area contributed by atoms with Crippen LogP contribution in [0.4, 0.5) is 0 Å². The Morgan fingerprint density at radius 1 is 1.18 bits per heavy atom. The van der Waals surface area contributed by atoms with Crippen LogP contribution in [0, 0.1) is 0 Å². The standard InChI is InChI=1S/C12H13BrN2O2/c1-14-7-12(17)15(8-11(14)16)6-9-4-2-3-5-10(9)13/h2-5H,6-8H2,1H3. The zero-order valence-electron chi connectivity index (χ0n) is 9.52. The lowest BCUT2D eigenvalue weighted by Gasteiger charge is -2.31. The summed E-state index contributed by atoms with van der Waals surface area (Å²) in [5.74, 6) is -0.0282. The largest absolute Gasteiger partial charge is 0.335 e. The number of hydrogen-bond acceptors (Lipinski definition) is 2. The molecule has 5 heteroatoms. The zero-order chi connectivity index (χ0) is 12.4. The van der Waals surface area contributed by atoms with Gasteiger partial charge < -0.3 is 9.80 Å². The Morgan fingerprint density at radius 3 is 2.59 bits per heavy atom. The minimum atomic E-state index is -0.0170. The molecule has 0 bridgehead atoms. The summed E-state index contributed by atoms with van der Waals surface area (Å²) in [5, 5.41) is 0. The zero-order valence-corrected chi connectivity index (χ0v) is 11.1. The van der Waals surface area contributed by atoms with Gasteiger partial charge in [0.15, 0.2) is 0 Å². The Morgan fingerprint density at radius 2 is 1.88 bits per heavy atom. The molecule has 1 saturated heterocycles. The first-order valence-electron chi connectivity index (χ1n) is 5.33. The summed E-state index contributed by atoms with van der Waals surface area (Å²) in [4.78, 5) is 26.4. The molecule has 1 aromatic rings. The normalized spacial score (nSPS) is 16.6. The van der Waals surface area contributed by atoms with Crippen molar-refractivity contribution in [3.63, 3.8) is 0 Å². The van der Waals surface area contributed by atoms with E-state index < -0.39 is 0 Å². The van der Waals surface area contributed by atoms with Crippen LogP contribution in [-0.4, -0.2) is 41.8 Å². The van der Waals surface area contributed by atoms with Crippen LogP contribution >= 0.6 is 15.9 Å². The highest BCUT2D eigenvalue weighted by atomic mass is 79.9. The van der Waals surface area contributed by atoms with Gasteiger partial charge in [0.25, 0.3) is 0 Å². The summed E-state index contributed by atoms with van der Waals surface area (Å²) in [5.41, 5.74) is 1.01. The van der Waals surface area contributed by atoms with E-state index in [4.69, 9.17) is 0 Å². The van der Waals surface area contributed by atoms with Crippen LogP contribution in [0.2, 0.25) is 0 Å². The quantitative estimate of drug-likeness (QED) is 0.824. The maximum atomic E-state index is 11.8. The number of piperazine rings is 1. The lowest BCUT2D eigenvalue weighted by molar-refractivity contribution is -0.149. The van der Waals surface area contributed by atoms with Gasteiger partial charge in [-0.3, -0.25) is 9.59 Å². The number of benzene rings is 1. The second-order valence-corrected chi connectivity index (χ2v) is 4.95. The van der Waals surface area contributed by atoms with Crippen molar-refractivity contribution in [3.8, 4) is 0 Å². The van der Waals surface area contributed by atoms with Gasteiger partial charge in [0.2, 0.25) is 11.8 Å². The fourth-order valence-electron chi connectivity index (χ4n) is 1.74. The fraction of sp³-hybridized carbons (Fsp3) is 0.333. The number of carbonyl (C=O) groups excluding carboxylic acids is 2. The van der Waals surface area contributed by atoms with Crippen molar-refractivity contribution in [2.45, 2.75) is 6.54 Å². The molecule has 17 heavy (non-hydrogen) atoms. The third-order valence-corrected chi connectivity index (χ3v) is 3.57. The molecule has 1 aliphatic rings. The summed E-state index contributed by atoms with van der Waals surface area (Å²) in [6.07, 6.45) is 0. The van der Waals surface area contributed by atoms with Gasteiger partial charge in [0.1, 0.15) is 6.54 Å². The van der Waals surface area contributed by atoms with Crippen LogP contribution < -0.4 is 0 Å². The molecule has 0 atom stereocenters. The van der Waals surface area contributed by atoms with Crippen LogP contribution in [0.25, 0.3) is 0 Å². The molecule has 1 aromatic carbocycles. The van der Waals surface area contributed by atoms with Crippen molar-refractivity contribution in [3.05, 3.63) is 34.3 Å². The topological polar surface area (TPSA) is 40.6 Å². The van der Waals surface area contributed by atoms with Crippen molar-refractivity contribution in [2.24, 2.45) is 0 Å². The van der Waals surface area contributed by atoms with Gasteiger partial charge in [-0.2, -0.15) is 0 Å². The third kappa shape index (κ3) is 2.66. The van der Waals surface area contributed by atoms with Gasteiger partial charge in [-0.1, -0.05) is 34.1 Å². The monoisotopic (exact) mass is 296 g/mol. The van der Waals surface area contributed by atoms with E-state index in [1.54, 1.807) is 11.9 Å². The molecule has 4 nitrogen and oxygen atoms in total. The van der Waals surface area contributed by atoms with Gasteiger partial charge in [-0.05, 0) is 11.6 Å². The average molecular weight is 297 g/mol. The Hall–Kier alpha value is -1.36. The number of halogens is 1. The highest BCUT2D eigenvalue weighted by Crippen LogP contribution is 2.18. The molecule has 0 spiro atoms. The molecule has 0 aliphatic carbocycles. The van der Waals surface area contributed by atoms with Crippen LogP contribution in [0.1, 0.15) is 5.56 Å². The van der Waals surface area contributed by atoms with E-state index in [0.29, 0.717) is 6.54 Å². The van der Waals surface area contributed by atoms with E-state index in [1.807, 2.05) is 24.3 Å². The summed E-state index contributed by atoms with van der Waals surface area (Å²) in [6, 6.07) is 7.71. The van der Waals surface area contributed by atoms with E-state index >= 15 is 0 Å². The van der Waals surface area contributed by atoms with Crippen molar-refractivity contribution in [2.75, 3.05) is 20.1 Å². The molecule has 1 fully saturated rings. The first-order chi connectivity index (χ1) is 8.08. The summed E-state index contributed by atoms with van der Waals surface area (Å²) in [7, 11) is 1.65. The Labute approximate surface area is 108 Å². The van der Waals surface area contributed by atoms with Gasteiger partial charge >= 0.3 is 0 Å². The Balaban J connectivity index is 2.12.